The van der Waals surface area contributed by atoms with Gasteiger partial charge in [-0.25, -0.2) is 4.79 Å². The van der Waals surface area contributed by atoms with Gasteiger partial charge in [0.05, 0.1) is 12.6 Å². The molecule has 1 aromatic carbocycles. The number of aliphatic hydroxyl groups is 1. The Kier molecular flexibility index (Phi) is 5.68. The number of fused-ring (bicyclic) bond motifs is 1. The lowest BCUT2D eigenvalue weighted by molar-refractivity contribution is -0.0263. The molecular weight excluding hydrogens is 344 g/mol. The van der Waals surface area contributed by atoms with E-state index in [1.165, 1.54) is 0 Å². The lowest BCUT2D eigenvalue weighted by Crippen LogP contribution is -2.49. The van der Waals surface area contributed by atoms with E-state index in [1.54, 1.807) is 11.9 Å². The number of aliphatic hydroxyl groups excluding tert-OH is 1. The van der Waals surface area contributed by atoms with Crippen LogP contribution >= 0.6 is 0 Å². The highest BCUT2D eigenvalue weighted by Crippen LogP contribution is 2.40. The number of hydrogen-bond donors (Lipinski definition) is 2. The van der Waals surface area contributed by atoms with Crippen molar-refractivity contribution < 1.29 is 19.4 Å². The molecule has 150 valence electrons. The van der Waals surface area contributed by atoms with Crippen LogP contribution in [0.2, 0.25) is 0 Å². The number of aryl methyl sites for hydroxylation is 1. The number of carbonyl (C=O) groups is 1. The van der Waals surface area contributed by atoms with Crippen LogP contribution in [-0.4, -0.2) is 55.1 Å². The second-order valence-electron chi connectivity index (χ2n) is 8.74. The predicted octanol–water partition coefficient (Wildman–Crippen LogP) is 3.03. The first kappa shape index (κ1) is 20.0. The van der Waals surface area contributed by atoms with Gasteiger partial charge in [0.25, 0.3) is 0 Å². The molecule has 3 rings (SSSR count). The van der Waals surface area contributed by atoms with Crippen LogP contribution < -0.4 is 10.1 Å². The van der Waals surface area contributed by atoms with Gasteiger partial charge in [0.15, 0.2) is 0 Å². The molecule has 0 bridgehead atoms. The summed E-state index contributed by atoms with van der Waals surface area (Å²) in [6, 6.07) is 5.88. The highest BCUT2D eigenvalue weighted by molar-refractivity contribution is 5.74. The minimum Gasteiger partial charge on any atom is -0.487 e. The molecule has 6 heteroatoms. The zero-order valence-electron chi connectivity index (χ0n) is 16.9. The average molecular weight is 376 g/mol. The Morgan fingerprint density at radius 2 is 2.04 bits per heavy atom. The van der Waals surface area contributed by atoms with Gasteiger partial charge in [0.1, 0.15) is 11.4 Å². The number of nitrogens with one attached hydrogen (secondary N) is 1. The molecular formula is C21H32N2O4. The molecule has 0 aliphatic carbocycles. The molecule has 0 saturated carbocycles. The molecule has 6 nitrogen and oxygen atoms in total. The minimum absolute atomic E-state index is 0.0697. The summed E-state index contributed by atoms with van der Waals surface area (Å²) in [5.74, 6) is 0.834. The normalized spacial score (nSPS) is 23.1. The van der Waals surface area contributed by atoms with Gasteiger partial charge in [-0.3, -0.25) is 0 Å². The Balaban J connectivity index is 1.72. The van der Waals surface area contributed by atoms with Gasteiger partial charge in [-0.05, 0) is 39.7 Å². The van der Waals surface area contributed by atoms with E-state index in [0.29, 0.717) is 26.2 Å². The molecule has 0 aromatic heterocycles. The number of urea groups is 1. The Hall–Kier alpha value is -1.79. The van der Waals surface area contributed by atoms with E-state index >= 15 is 0 Å². The fraction of sp³-hybridized carbons (Fsp3) is 0.667. The summed E-state index contributed by atoms with van der Waals surface area (Å²) in [5.41, 5.74) is 1.56. The average Bonchev–Trinajstić information content (AvgIpc) is 2.62. The van der Waals surface area contributed by atoms with E-state index in [0.717, 1.165) is 29.7 Å². The summed E-state index contributed by atoms with van der Waals surface area (Å²) >= 11 is 0. The molecule has 2 N–H and O–H groups in total. The third kappa shape index (κ3) is 4.55. The maximum Gasteiger partial charge on any atom is 0.317 e. The largest absolute Gasteiger partial charge is 0.487 e. The molecule has 1 atom stereocenters. The second-order valence-corrected chi connectivity index (χ2v) is 8.74. The van der Waals surface area contributed by atoms with Gasteiger partial charge in [0, 0.05) is 44.2 Å². The summed E-state index contributed by atoms with van der Waals surface area (Å²) in [6.07, 6.45) is 2.25. The van der Waals surface area contributed by atoms with Crippen molar-refractivity contribution in [2.75, 3.05) is 33.4 Å². The maximum atomic E-state index is 12.9. The zero-order chi connectivity index (χ0) is 19.7. The molecule has 1 fully saturated rings. The number of ether oxygens (including phenoxy) is 2. The SMILES string of the molecule is Cc1ccc2c(c1)[C@@H](NC(=O)N(C)CC1(CO)CCOCC1)CC(C)(C)O2. The molecule has 2 heterocycles. The highest BCUT2D eigenvalue weighted by atomic mass is 16.5. The summed E-state index contributed by atoms with van der Waals surface area (Å²) in [7, 11) is 1.80. The maximum absolute atomic E-state index is 12.9. The van der Waals surface area contributed by atoms with Crippen LogP contribution in [0.3, 0.4) is 0 Å². The van der Waals surface area contributed by atoms with E-state index in [4.69, 9.17) is 9.47 Å². The van der Waals surface area contributed by atoms with Crippen molar-refractivity contribution in [2.24, 2.45) is 5.41 Å². The van der Waals surface area contributed by atoms with Crippen LogP contribution in [0, 0.1) is 12.3 Å². The Labute approximate surface area is 161 Å². The number of hydrogen-bond acceptors (Lipinski definition) is 4. The van der Waals surface area contributed by atoms with Gasteiger partial charge in [0.2, 0.25) is 0 Å². The second kappa shape index (κ2) is 7.68. The summed E-state index contributed by atoms with van der Waals surface area (Å²) in [5, 5.41) is 13.1. The highest BCUT2D eigenvalue weighted by Gasteiger charge is 2.37. The minimum atomic E-state index is -0.341. The Morgan fingerprint density at radius 1 is 1.33 bits per heavy atom. The molecule has 2 aliphatic heterocycles. The van der Waals surface area contributed by atoms with Crippen molar-refractivity contribution in [2.45, 2.75) is 51.7 Å². The fourth-order valence-corrected chi connectivity index (χ4v) is 4.11. The quantitative estimate of drug-likeness (QED) is 0.847. The topological polar surface area (TPSA) is 71.0 Å². The molecule has 1 aromatic rings. The summed E-state index contributed by atoms with van der Waals surface area (Å²) < 4.78 is 11.5. The van der Waals surface area contributed by atoms with E-state index in [2.05, 4.69) is 11.4 Å². The van der Waals surface area contributed by atoms with Gasteiger partial charge in [-0.15, -0.1) is 0 Å². The van der Waals surface area contributed by atoms with E-state index in [-0.39, 0.29) is 29.7 Å². The Bertz CT molecular complexity index is 683. The first-order valence-corrected chi connectivity index (χ1v) is 9.73. The van der Waals surface area contributed by atoms with Crippen molar-refractivity contribution in [1.82, 2.24) is 10.2 Å². The predicted molar refractivity (Wildman–Crippen MR) is 104 cm³/mol. The first-order chi connectivity index (χ1) is 12.7. The van der Waals surface area contributed by atoms with Crippen molar-refractivity contribution >= 4 is 6.03 Å². The van der Waals surface area contributed by atoms with Crippen molar-refractivity contribution in [3.8, 4) is 5.75 Å². The van der Waals surface area contributed by atoms with E-state index in [1.807, 2.05) is 32.9 Å². The van der Waals surface area contributed by atoms with Gasteiger partial charge >= 0.3 is 6.03 Å². The first-order valence-electron chi connectivity index (χ1n) is 9.73. The van der Waals surface area contributed by atoms with E-state index < -0.39 is 0 Å². The van der Waals surface area contributed by atoms with Gasteiger partial charge in [-0.1, -0.05) is 17.7 Å². The smallest absolute Gasteiger partial charge is 0.317 e. The summed E-state index contributed by atoms with van der Waals surface area (Å²) in [4.78, 5) is 14.6. The van der Waals surface area contributed by atoms with Crippen LogP contribution in [0.4, 0.5) is 4.79 Å². The molecule has 2 amide bonds. The molecule has 1 saturated heterocycles. The lowest BCUT2D eigenvalue weighted by atomic mass is 9.80. The van der Waals surface area contributed by atoms with Crippen LogP contribution in [0.1, 0.15) is 50.3 Å². The number of rotatable bonds is 4. The third-order valence-electron chi connectivity index (χ3n) is 5.73. The van der Waals surface area contributed by atoms with Crippen LogP contribution in [0.5, 0.6) is 5.75 Å². The molecule has 0 spiro atoms. The number of benzene rings is 1. The van der Waals surface area contributed by atoms with Gasteiger partial charge < -0.3 is 24.8 Å². The fourth-order valence-electron chi connectivity index (χ4n) is 4.11. The van der Waals surface area contributed by atoms with Gasteiger partial charge in [-0.2, -0.15) is 0 Å². The molecule has 2 aliphatic rings. The monoisotopic (exact) mass is 376 g/mol. The Morgan fingerprint density at radius 3 is 2.70 bits per heavy atom. The van der Waals surface area contributed by atoms with Crippen LogP contribution in [0.25, 0.3) is 0 Å². The van der Waals surface area contributed by atoms with E-state index in [9.17, 15) is 9.90 Å². The van der Waals surface area contributed by atoms with Crippen molar-refractivity contribution in [3.63, 3.8) is 0 Å². The molecule has 0 unspecified atom stereocenters. The standard InChI is InChI=1S/C21H32N2O4/c1-15-5-6-18-16(11-15)17(12-20(2,3)27-18)22-19(25)23(4)13-21(14-24)7-9-26-10-8-21/h5-6,11,17,24H,7-10,12-14H2,1-4H3,(H,22,25)/t17-/m0/s1. The molecule has 0 radical (unpaired) electrons. The van der Waals surface area contributed by atoms with Crippen molar-refractivity contribution in [3.05, 3.63) is 29.3 Å². The summed E-state index contributed by atoms with van der Waals surface area (Å²) in [6.45, 7) is 7.99. The van der Waals surface area contributed by atoms with Crippen LogP contribution in [0.15, 0.2) is 18.2 Å². The number of carbonyl (C=O) groups excluding carboxylic acids is 1. The number of nitrogens with zero attached hydrogens (tertiary/aromatic N) is 1. The lowest BCUT2D eigenvalue weighted by Gasteiger charge is -2.40. The van der Waals surface area contributed by atoms with Crippen molar-refractivity contribution in [1.29, 1.82) is 0 Å². The number of amides is 2. The molecule has 27 heavy (non-hydrogen) atoms. The third-order valence-corrected chi connectivity index (χ3v) is 5.73. The van der Waals surface area contributed by atoms with Crippen LogP contribution in [-0.2, 0) is 4.74 Å². The zero-order valence-corrected chi connectivity index (χ0v) is 16.9.